The van der Waals surface area contributed by atoms with Crippen molar-refractivity contribution in [3.05, 3.63) is 35.6 Å². The fourth-order valence-corrected chi connectivity index (χ4v) is 2.60. The van der Waals surface area contributed by atoms with Gasteiger partial charge in [-0.25, -0.2) is 4.39 Å². The predicted octanol–water partition coefficient (Wildman–Crippen LogP) is 3.39. The average Bonchev–Trinajstić information content (AvgIpc) is 2.20. The van der Waals surface area contributed by atoms with Crippen LogP contribution >= 0.6 is 31.9 Å². The van der Waals surface area contributed by atoms with E-state index in [0.29, 0.717) is 5.56 Å². The Hall–Kier alpha value is 0.0300. The molecule has 0 saturated heterocycles. The lowest BCUT2D eigenvalue weighted by Crippen LogP contribution is -2.37. The highest BCUT2D eigenvalue weighted by molar-refractivity contribution is 9.24. The molecule has 1 rings (SSSR count). The molecule has 0 aliphatic heterocycles. The van der Waals surface area contributed by atoms with Crippen molar-refractivity contribution in [1.82, 2.24) is 0 Å². The van der Waals surface area contributed by atoms with Crippen LogP contribution in [0.5, 0.6) is 0 Å². The van der Waals surface area contributed by atoms with E-state index in [-0.39, 0.29) is 9.55 Å². The molecule has 0 aromatic heterocycles. The van der Waals surface area contributed by atoms with E-state index in [1.807, 2.05) is 0 Å². The summed E-state index contributed by atoms with van der Waals surface area (Å²) in [6.45, 7) is 0. The monoisotopic (exact) mass is 340 g/mol. The second kappa shape index (κ2) is 5.39. The van der Waals surface area contributed by atoms with Gasteiger partial charge in [-0.3, -0.25) is 0 Å². The molecule has 0 radical (unpaired) electrons. The van der Waals surface area contributed by atoms with Gasteiger partial charge < -0.3 is 9.47 Å². The van der Waals surface area contributed by atoms with Gasteiger partial charge in [0, 0.05) is 19.8 Å². The summed E-state index contributed by atoms with van der Waals surface area (Å²) in [6, 6.07) is 6.10. The fourth-order valence-electron chi connectivity index (χ4n) is 1.33. The molecule has 2 nitrogen and oxygen atoms in total. The molecule has 0 fully saturated rings. The average molecular weight is 342 g/mol. The van der Waals surface area contributed by atoms with Crippen LogP contribution in [0.3, 0.4) is 0 Å². The van der Waals surface area contributed by atoms with Gasteiger partial charge in [-0.15, -0.1) is 0 Å². The maximum Gasteiger partial charge on any atom is 0.217 e. The summed E-state index contributed by atoms with van der Waals surface area (Å²) in [4.78, 5) is 0. The van der Waals surface area contributed by atoms with Crippen molar-refractivity contribution in [2.75, 3.05) is 14.2 Å². The Morgan fingerprint density at radius 2 is 1.87 bits per heavy atom. The molecule has 0 saturated carbocycles. The summed E-state index contributed by atoms with van der Waals surface area (Å²) in [5, 5.41) is 0. The molecule has 1 aromatic carbocycles. The summed E-state index contributed by atoms with van der Waals surface area (Å²) in [7, 11) is 3.01. The number of benzene rings is 1. The Morgan fingerprint density at radius 1 is 1.27 bits per heavy atom. The third-order valence-electron chi connectivity index (χ3n) is 2.12. The number of methoxy groups -OCH3 is 2. The summed E-state index contributed by atoms with van der Waals surface area (Å²) in [5.41, 5.74) is 0.603. The number of alkyl halides is 2. The molecule has 0 heterocycles. The molecule has 0 aliphatic carbocycles. The second-order valence-corrected chi connectivity index (χ2v) is 5.95. The first-order valence-corrected chi connectivity index (χ1v) is 6.04. The maximum atomic E-state index is 13.1. The van der Waals surface area contributed by atoms with Crippen molar-refractivity contribution in [2.24, 2.45) is 0 Å². The van der Waals surface area contributed by atoms with Crippen molar-refractivity contribution in [2.45, 2.75) is 9.52 Å². The zero-order valence-electron chi connectivity index (χ0n) is 8.34. The Kier molecular flexibility index (Phi) is 4.70. The van der Waals surface area contributed by atoms with Gasteiger partial charge in [-0.05, 0) is 12.1 Å². The quantitative estimate of drug-likeness (QED) is 0.617. The first-order valence-electron chi connectivity index (χ1n) is 4.21. The van der Waals surface area contributed by atoms with Crippen molar-refractivity contribution >= 4 is 31.9 Å². The van der Waals surface area contributed by atoms with E-state index in [4.69, 9.17) is 9.47 Å². The van der Waals surface area contributed by atoms with E-state index in [0.717, 1.165) is 0 Å². The van der Waals surface area contributed by atoms with Crippen LogP contribution in [0.1, 0.15) is 5.56 Å². The van der Waals surface area contributed by atoms with Gasteiger partial charge in [-0.2, -0.15) is 0 Å². The minimum atomic E-state index is -1.04. The smallest absolute Gasteiger partial charge is 0.217 e. The van der Waals surface area contributed by atoms with Gasteiger partial charge in [-0.1, -0.05) is 44.0 Å². The molecule has 0 amide bonds. The number of rotatable bonds is 4. The van der Waals surface area contributed by atoms with Crippen LogP contribution in [0.15, 0.2) is 24.3 Å². The largest absolute Gasteiger partial charge is 0.348 e. The molecule has 0 unspecified atom stereocenters. The van der Waals surface area contributed by atoms with E-state index in [2.05, 4.69) is 31.9 Å². The maximum absolute atomic E-state index is 13.1. The van der Waals surface area contributed by atoms with E-state index in [9.17, 15) is 4.39 Å². The lowest BCUT2D eigenvalue weighted by Gasteiger charge is -2.32. The first-order chi connectivity index (χ1) is 7.06. The van der Waals surface area contributed by atoms with Crippen molar-refractivity contribution in [1.29, 1.82) is 0 Å². The van der Waals surface area contributed by atoms with Gasteiger partial charge in [0.15, 0.2) is 0 Å². The lowest BCUT2D eigenvalue weighted by atomic mass is 10.1. The van der Waals surface area contributed by atoms with Crippen molar-refractivity contribution < 1.29 is 13.9 Å². The second-order valence-electron chi connectivity index (χ2n) is 2.89. The Labute approximate surface area is 105 Å². The molecule has 0 spiro atoms. The minimum Gasteiger partial charge on any atom is -0.348 e. The highest BCUT2D eigenvalue weighted by Crippen LogP contribution is 2.37. The highest BCUT2D eigenvalue weighted by atomic mass is 79.9. The molecule has 1 aromatic rings. The lowest BCUT2D eigenvalue weighted by molar-refractivity contribution is -0.201. The zero-order valence-corrected chi connectivity index (χ0v) is 11.5. The van der Waals surface area contributed by atoms with Crippen LogP contribution in [0.4, 0.5) is 4.39 Å². The summed E-state index contributed by atoms with van der Waals surface area (Å²) in [5.74, 6) is -1.37. The van der Waals surface area contributed by atoms with E-state index >= 15 is 0 Å². The summed E-state index contributed by atoms with van der Waals surface area (Å²) >= 11 is 6.65. The van der Waals surface area contributed by atoms with Gasteiger partial charge in [0.25, 0.3) is 0 Å². The Bertz CT molecular complexity index is 327. The molecule has 0 aliphatic rings. The third kappa shape index (κ3) is 2.58. The van der Waals surface area contributed by atoms with E-state index in [1.54, 1.807) is 12.1 Å². The molecular weight excluding hydrogens is 331 g/mol. The molecule has 5 heteroatoms. The summed E-state index contributed by atoms with van der Waals surface area (Å²) < 4.78 is 23.4. The summed E-state index contributed by atoms with van der Waals surface area (Å²) in [6.07, 6.45) is 0. The Morgan fingerprint density at radius 3 is 2.27 bits per heavy atom. The molecule has 15 heavy (non-hydrogen) atoms. The van der Waals surface area contributed by atoms with Crippen LogP contribution < -0.4 is 0 Å². The molecule has 0 bridgehead atoms. The standard InChI is InChI=1S/C10H11Br2FO2/c1-14-10(15-2,9(11)12)7-4-3-5-8(13)6-7/h3-6,9H,1-2H3. The van der Waals surface area contributed by atoms with Gasteiger partial charge in [0.2, 0.25) is 5.79 Å². The molecule has 84 valence electrons. The van der Waals surface area contributed by atoms with Crippen LogP contribution in [0, 0.1) is 5.82 Å². The topological polar surface area (TPSA) is 18.5 Å². The molecular formula is C10H11Br2FO2. The highest BCUT2D eigenvalue weighted by Gasteiger charge is 2.38. The normalized spacial score (nSPS) is 12.1. The van der Waals surface area contributed by atoms with Gasteiger partial charge in [0.1, 0.15) is 9.55 Å². The van der Waals surface area contributed by atoms with Crippen LogP contribution in [-0.2, 0) is 15.3 Å². The van der Waals surface area contributed by atoms with E-state index in [1.165, 1.54) is 26.4 Å². The number of halogens is 3. The number of hydrogen-bond donors (Lipinski definition) is 0. The van der Waals surface area contributed by atoms with Crippen LogP contribution in [-0.4, -0.2) is 18.0 Å². The van der Waals surface area contributed by atoms with Crippen LogP contribution in [0.25, 0.3) is 0 Å². The third-order valence-corrected chi connectivity index (χ3v) is 3.33. The van der Waals surface area contributed by atoms with Gasteiger partial charge in [0.05, 0.1) is 0 Å². The fraction of sp³-hybridized carbons (Fsp3) is 0.400. The number of ether oxygens (including phenoxy) is 2. The molecule has 0 atom stereocenters. The zero-order chi connectivity index (χ0) is 11.5. The van der Waals surface area contributed by atoms with E-state index < -0.39 is 5.79 Å². The predicted molar refractivity (Wildman–Crippen MR) is 63.7 cm³/mol. The van der Waals surface area contributed by atoms with Gasteiger partial charge >= 0.3 is 0 Å². The SMILES string of the molecule is COC(OC)(c1cccc(F)c1)C(Br)Br. The van der Waals surface area contributed by atoms with Crippen molar-refractivity contribution in [3.8, 4) is 0 Å². The van der Waals surface area contributed by atoms with Crippen molar-refractivity contribution in [3.63, 3.8) is 0 Å². The first kappa shape index (κ1) is 13.1. The minimum absolute atomic E-state index is 0.283. The van der Waals surface area contributed by atoms with Crippen LogP contribution in [0.2, 0.25) is 0 Å². The Balaban J connectivity index is 3.20. The molecule has 0 N–H and O–H groups in total. The number of hydrogen-bond acceptors (Lipinski definition) is 2.